The van der Waals surface area contributed by atoms with Gasteiger partial charge in [-0.25, -0.2) is 9.78 Å². The number of hydrogen-bond acceptors (Lipinski definition) is 9. The van der Waals surface area contributed by atoms with Crippen molar-refractivity contribution in [3.8, 4) is 0 Å². The van der Waals surface area contributed by atoms with Crippen LogP contribution in [0.25, 0.3) is 0 Å². The van der Waals surface area contributed by atoms with Crippen LogP contribution in [0.2, 0.25) is 0 Å². The minimum Gasteiger partial charge on any atom is -0.480 e. The van der Waals surface area contributed by atoms with Gasteiger partial charge in [-0.05, 0) is 25.7 Å². The lowest BCUT2D eigenvalue weighted by atomic mass is 10.1. The molecule has 0 saturated carbocycles. The van der Waals surface area contributed by atoms with Crippen molar-refractivity contribution in [1.29, 1.82) is 0 Å². The van der Waals surface area contributed by atoms with Gasteiger partial charge in [0, 0.05) is 37.2 Å². The molecule has 0 saturated heterocycles. The van der Waals surface area contributed by atoms with Gasteiger partial charge in [-0.15, -0.1) is 0 Å². The second-order valence-corrected chi connectivity index (χ2v) is 8.85. The molecule has 4 unspecified atom stereocenters. The fraction of sp³-hybridized carbons (Fsp3) is 0.571. The van der Waals surface area contributed by atoms with Gasteiger partial charge in [-0.2, -0.15) is 12.6 Å². The third-order valence-corrected chi connectivity index (χ3v) is 5.66. The normalized spacial score (nSPS) is 13.7. The van der Waals surface area contributed by atoms with Gasteiger partial charge < -0.3 is 54.7 Å². The van der Waals surface area contributed by atoms with Crippen molar-refractivity contribution in [2.24, 2.45) is 38.7 Å². The van der Waals surface area contributed by atoms with Crippen LogP contribution in [0.5, 0.6) is 0 Å². The SMILES string of the molecule is NC(N)=NCCCC(N)C(=O)NC(CCCN=C(N)N)C(=O)NC(CS)C(=O)NC(Cc1cnc[nH]1)C(=O)O. The summed E-state index contributed by atoms with van der Waals surface area (Å²) in [5.74, 6) is -3.70. The van der Waals surface area contributed by atoms with Crippen LogP contribution in [0.15, 0.2) is 22.5 Å². The van der Waals surface area contributed by atoms with Crippen molar-refractivity contribution in [2.45, 2.75) is 56.3 Å². The molecule has 0 aliphatic heterocycles. The van der Waals surface area contributed by atoms with Crippen LogP contribution in [0, 0.1) is 0 Å². The number of aromatic amines is 1. The molecule has 0 fully saturated rings. The number of nitrogens with zero attached hydrogens (tertiary/aromatic N) is 3. The van der Waals surface area contributed by atoms with E-state index in [2.05, 4.69) is 48.5 Å². The number of imidazole rings is 1. The number of aliphatic carboxylic acids is 1. The summed E-state index contributed by atoms with van der Waals surface area (Å²) in [6.07, 6.45) is 3.87. The molecule has 3 amide bonds. The highest BCUT2D eigenvalue weighted by molar-refractivity contribution is 7.80. The van der Waals surface area contributed by atoms with Gasteiger partial charge in [0.15, 0.2) is 11.9 Å². The maximum atomic E-state index is 13.1. The number of amides is 3. The van der Waals surface area contributed by atoms with E-state index in [1.807, 2.05) is 0 Å². The molecule has 0 spiro atoms. The Hall–Kier alpha value is -4.06. The van der Waals surface area contributed by atoms with Gasteiger partial charge in [0.25, 0.3) is 0 Å². The van der Waals surface area contributed by atoms with Crippen molar-refractivity contribution >= 4 is 48.2 Å². The number of carboxylic acids is 1. The van der Waals surface area contributed by atoms with Gasteiger partial charge in [-0.1, -0.05) is 0 Å². The van der Waals surface area contributed by atoms with Crippen LogP contribution in [0.1, 0.15) is 31.4 Å². The van der Waals surface area contributed by atoms with Crippen LogP contribution in [-0.2, 0) is 25.6 Å². The predicted octanol–water partition coefficient (Wildman–Crippen LogP) is -4.14. The van der Waals surface area contributed by atoms with Gasteiger partial charge in [-0.3, -0.25) is 24.4 Å². The molecule has 39 heavy (non-hydrogen) atoms. The highest BCUT2D eigenvalue weighted by Crippen LogP contribution is 2.04. The molecule has 4 atom stereocenters. The first-order chi connectivity index (χ1) is 18.4. The molecule has 0 aromatic carbocycles. The Morgan fingerprint density at radius 3 is 1.95 bits per heavy atom. The van der Waals surface area contributed by atoms with Crippen molar-refractivity contribution < 1.29 is 24.3 Å². The van der Waals surface area contributed by atoms with E-state index < -0.39 is 47.9 Å². The Bertz CT molecular complexity index is 995. The number of rotatable bonds is 18. The summed E-state index contributed by atoms with van der Waals surface area (Å²) in [7, 11) is 0. The van der Waals surface area contributed by atoms with Crippen molar-refractivity contribution in [3.05, 3.63) is 18.2 Å². The van der Waals surface area contributed by atoms with E-state index in [4.69, 9.17) is 28.7 Å². The Kier molecular flexibility index (Phi) is 14.8. The minimum absolute atomic E-state index is 0.0567. The predicted molar refractivity (Wildman–Crippen MR) is 147 cm³/mol. The summed E-state index contributed by atoms with van der Waals surface area (Å²) in [6.45, 7) is 0.471. The van der Waals surface area contributed by atoms with Gasteiger partial charge in [0.2, 0.25) is 17.7 Å². The summed E-state index contributed by atoms with van der Waals surface area (Å²) < 4.78 is 0. The topological polar surface area (TPSA) is 308 Å². The van der Waals surface area contributed by atoms with Crippen LogP contribution in [0.3, 0.4) is 0 Å². The zero-order valence-electron chi connectivity index (χ0n) is 21.4. The summed E-state index contributed by atoms with van der Waals surface area (Å²) in [5, 5.41) is 17.0. The van der Waals surface area contributed by atoms with E-state index in [1.165, 1.54) is 12.5 Å². The molecule has 0 bridgehead atoms. The highest BCUT2D eigenvalue weighted by atomic mass is 32.1. The molecule has 17 nitrogen and oxygen atoms in total. The van der Waals surface area contributed by atoms with Crippen molar-refractivity contribution in [3.63, 3.8) is 0 Å². The quantitative estimate of drug-likeness (QED) is 0.0348. The smallest absolute Gasteiger partial charge is 0.326 e. The first-order valence-corrected chi connectivity index (χ1v) is 12.7. The zero-order valence-corrected chi connectivity index (χ0v) is 22.3. The number of guanidine groups is 2. The summed E-state index contributed by atoms with van der Waals surface area (Å²) in [5.41, 5.74) is 27.6. The van der Waals surface area contributed by atoms with E-state index in [0.29, 0.717) is 18.5 Å². The first-order valence-electron chi connectivity index (χ1n) is 12.0. The Morgan fingerprint density at radius 2 is 1.44 bits per heavy atom. The highest BCUT2D eigenvalue weighted by Gasteiger charge is 2.30. The lowest BCUT2D eigenvalue weighted by molar-refractivity contribution is -0.142. The number of aliphatic imine (C=N–C) groups is 2. The maximum Gasteiger partial charge on any atom is 0.326 e. The van der Waals surface area contributed by atoms with Crippen molar-refractivity contribution in [1.82, 2.24) is 25.9 Å². The van der Waals surface area contributed by atoms with Gasteiger partial charge >= 0.3 is 5.97 Å². The number of carbonyl (C=O) groups is 4. The third kappa shape index (κ3) is 13.3. The average molecular weight is 571 g/mol. The number of nitrogens with one attached hydrogen (secondary N) is 4. The fourth-order valence-electron chi connectivity index (χ4n) is 3.26. The minimum atomic E-state index is -1.29. The average Bonchev–Trinajstić information content (AvgIpc) is 3.38. The lowest BCUT2D eigenvalue weighted by Crippen LogP contribution is -2.57. The molecule has 0 aliphatic rings. The summed E-state index contributed by atoms with van der Waals surface area (Å²) in [4.78, 5) is 64.4. The van der Waals surface area contributed by atoms with Gasteiger partial charge in [0.1, 0.15) is 18.1 Å². The fourth-order valence-corrected chi connectivity index (χ4v) is 3.51. The van der Waals surface area contributed by atoms with E-state index >= 15 is 0 Å². The van der Waals surface area contributed by atoms with Gasteiger partial charge in [0.05, 0.1) is 12.4 Å². The van der Waals surface area contributed by atoms with E-state index in [1.54, 1.807) is 0 Å². The van der Waals surface area contributed by atoms with Crippen molar-refractivity contribution in [2.75, 3.05) is 18.8 Å². The molecule has 218 valence electrons. The van der Waals surface area contributed by atoms with Crippen LogP contribution in [-0.4, -0.2) is 93.7 Å². The van der Waals surface area contributed by atoms with E-state index in [0.717, 1.165) is 0 Å². The molecular weight excluding hydrogens is 532 g/mol. The molecule has 18 heteroatoms. The van der Waals surface area contributed by atoms with E-state index in [9.17, 15) is 24.3 Å². The number of H-pyrrole nitrogens is 1. The molecule has 1 heterocycles. The molecule has 0 radical (unpaired) electrons. The largest absolute Gasteiger partial charge is 0.480 e. The second-order valence-electron chi connectivity index (χ2n) is 8.49. The standard InChI is InChI=1S/C21H38N12O5S/c22-12(3-1-5-28-20(23)24)16(34)31-13(4-2-6-29-21(25)26)17(35)33-15(9-39)18(36)32-14(19(37)38)7-11-8-27-10-30-11/h8,10,12-15,39H,1-7,9,22H2,(H,27,30)(H,31,34)(H,32,36)(H,33,35)(H,37,38)(H4,23,24,28)(H4,25,26,29). The first kappa shape index (κ1) is 33.0. The Balaban J connectivity index is 2.86. The molecule has 0 aliphatic carbocycles. The third-order valence-electron chi connectivity index (χ3n) is 5.29. The molecule has 1 aromatic heterocycles. The maximum absolute atomic E-state index is 13.1. The number of nitrogens with two attached hydrogens (primary N) is 5. The van der Waals surface area contributed by atoms with E-state index in [-0.39, 0.29) is 50.0 Å². The lowest BCUT2D eigenvalue weighted by Gasteiger charge is -2.24. The summed E-state index contributed by atoms with van der Waals surface area (Å²) in [6, 6.07) is -4.53. The molecular formula is C21H38N12O5S. The number of aromatic nitrogens is 2. The van der Waals surface area contributed by atoms with Crippen LogP contribution < -0.4 is 44.6 Å². The Morgan fingerprint density at radius 1 is 0.897 bits per heavy atom. The molecule has 1 aromatic rings. The number of thiol groups is 1. The molecule has 1 rings (SSSR count). The summed E-state index contributed by atoms with van der Waals surface area (Å²) >= 11 is 4.11. The zero-order chi connectivity index (χ0) is 29.4. The van der Waals surface area contributed by atoms with Crippen LogP contribution in [0.4, 0.5) is 0 Å². The molecule has 15 N–H and O–H groups in total. The van der Waals surface area contributed by atoms with Crippen LogP contribution >= 0.6 is 12.6 Å². The number of carboxylic acid groups (broad SMARTS) is 1. The second kappa shape index (κ2) is 17.4. The number of carbonyl (C=O) groups excluding carboxylic acids is 3. The Labute approximate surface area is 230 Å². The number of hydrogen-bond donors (Lipinski definition) is 11. The monoisotopic (exact) mass is 570 g/mol.